The lowest BCUT2D eigenvalue weighted by molar-refractivity contribution is 0.190. The van der Waals surface area contributed by atoms with Crippen LogP contribution >= 0.6 is 0 Å². The molecule has 0 bridgehead atoms. The fourth-order valence-electron chi connectivity index (χ4n) is 1.75. The van der Waals surface area contributed by atoms with Gasteiger partial charge in [0, 0.05) is 27.3 Å². The fourth-order valence-corrected chi connectivity index (χ4v) is 2.30. The molecule has 0 aliphatic heterocycles. The molecule has 0 spiro atoms. The van der Waals surface area contributed by atoms with Crippen LogP contribution in [0.1, 0.15) is 0 Å². The van der Waals surface area contributed by atoms with Gasteiger partial charge in [-0.15, -0.1) is 0 Å². The van der Waals surface area contributed by atoms with Gasteiger partial charge in [0.05, 0.1) is 29.5 Å². The molecule has 0 aromatic heterocycles. The molecule has 0 radical (unpaired) electrons. The van der Waals surface area contributed by atoms with Crippen LogP contribution in [0.2, 0.25) is 0 Å². The molecule has 1 rings (SSSR count). The van der Waals surface area contributed by atoms with Crippen LogP contribution in [0, 0.1) is 0 Å². The largest absolute Gasteiger partial charge is 0.397 e. The van der Waals surface area contributed by atoms with Crippen molar-refractivity contribution in [2.75, 3.05) is 51.2 Å². The number of anilines is 2. The number of ether oxygens (including phenoxy) is 2. The maximum absolute atomic E-state index is 11.3. The van der Waals surface area contributed by atoms with E-state index in [2.05, 4.69) is 0 Å². The van der Waals surface area contributed by atoms with E-state index in [0.717, 1.165) is 5.69 Å². The van der Waals surface area contributed by atoms with Crippen LogP contribution in [0.5, 0.6) is 0 Å². The van der Waals surface area contributed by atoms with Gasteiger partial charge in [-0.05, 0) is 18.2 Å². The van der Waals surface area contributed by atoms with Crippen molar-refractivity contribution in [3.63, 3.8) is 0 Å². The average Bonchev–Trinajstić information content (AvgIpc) is 2.38. The molecule has 0 unspecified atom stereocenters. The van der Waals surface area contributed by atoms with E-state index in [0.29, 0.717) is 32.0 Å². The second-order valence-corrected chi connectivity index (χ2v) is 5.80. The molecule has 4 N–H and O–H groups in total. The first-order valence-electron chi connectivity index (χ1n) is 6.05. The molecule has 1 aromatic carbocycles. The third-order valence-electron chi connectivity index (χ3n) is 2.80. The lowest BCUT2D eigenvalue weighted by atomic mass is 10.2. The molecule has 0 saturated heterocycles. The molecule has 7 nitrogen and oxygen atoms in total. The summed E-state index contributed by atoms with van der Waals surface area (Å²) in [7, 11) is -0.523. The molecule has 1 aromatic rings. The zero-order chi connectivity index (χ0) is 15.2. The van der Waals surface area contributed by atoms with Crippen molar-refractivity contribution in [3.05, 3.63) is 18.2 Å². The van der Waals surface area contributed by atoms with Crippen LogP contribution in [-0.4, -0.2) is 48.9 Å². The molecule has 8 heteroatoms. The van der Waals surface area contributed by atoms with Gasteiger partial charge in [-0.25, -0.2) is 13.6 Å². The summed E-state index contributed by atoms with van der Waals surface area (Å²) in [5.74, 6) is 0. The fraction of sp³-hybridized carbons (Fsp3) is 0.500. The zero-order valence-corrected chi connectivity index (χ0v) is 12.5. The first-order chi connectivity index (χ1) is 9.40. The van der Waals surface area contributed by atoms with Gasteiger partial charge in [-0.3, -0.25) is 0 Å². The van der Waals surface area contributed by atoms with Gasteiger partial charge in [0.2, 0.25) is 10.0 Å². The number of nitrogens with two attached hydrogens (primary N) is 2. The maximum atomic E-state index is 11.3. The second kappa shape index (κ2) is 7.44. The van der Waals surface area contributed by atoms with Gasteiger partial charge in [-0.1, -0.05) is 0 Å². The Labute approximate surface area is 119 Å². The molecule has 0 aliphatic rings. The highest BCUT2D eigenvalue weighted by molar-refractivity contribution is 7.89. The summed E-state index contributed by atoms with van der Waals surface area (Å²) < 4.78 is 32.7. The van der Waals surface area contributed by atoms with Crippen molar-refractivity contribution < 1.29 is 17.9 Å². The first-order valence-corrected chi connectivity index (χ1v) is 7.60. The molecule has 0 amide bonds. The van der Waals surface area contributed by atoms with E-state index < -0.39 is 10.0 Å². The number of nitrogen functional groups attached to an aromatic ring is 1. The van der Waals surface area contributed by atoms with Gasteiger partial charge in [0.25, 0.3) is 0 Å². The number of methoxy groups -OCH3 is 2. The van der Waals surface area contributed by atoms with Crippen LogP contribution in [0.25, 0.3) is 0 Å². The van der Waals surface area contributed by atoms with E-state index in [1.807, 2.05) is 4.90 Å². The maximum Gasteiger partial charge on any atom is 0.238 e. The van der Waals surface area contributed by atoms with Crippen molar-refractivity contribution in [1.29, 1.82) is 0 Å². The number of benzene rings is 1. The number of hydrogen-bond acceptors (Lipinski definition) is 6. The Morgan fingerprint density at radius 3 is 2.10 bits per heavy atom. The summed E-state index contributed by atoms with van der Waals surface area (Å²) >= 11 is 0. The van der Waals surface area contributed by atoms with Crippen molar-refractivity contribution in [2.45, 2.75) is 4.90 Å². The molecule has 114 valence electrons. The number of rotatable bonds is 8. The Kier molecular flexibility index (Phi) is 6.21. The average molecular weight is 303 g/mol. The first kappa shape index (κ1) is 16.7. The highest BCUT2D eigenvalue weighted by Gasteiger charge is 2.14. The van der Waals surface area contributed by atoms with E-state index in [-0.39, 0.29) is 4.90 Å². The molecule has 0 saturated carbocycles. The van der Waals surface area contributed by atoms with Crippen LogP contribution in [0.4, 0.5) is 11.4 Å². The Balaban J connectivity index is 3.01. The SMILES string of the molecule is COCCN(CCOC)c1ccc(S(N)(=O)=O)cc1N. The number of sulfonamides is 1. The summed E-state index contributed by atoms with van der Waals surface area (Å²) in [4.78, 5) is 1.96. The van der Waals surface area contributed by atoms with Crippen molar-refractivity contribution in [2.24, 2.45) is 5.14 Å². The van der Waals surface area contributed by atoms with Crippen molar-refractivity contribution >= 4 is 21.4 Å². The van der Waals surface area contributed by atoms with Crippen LogP contribution in [0.15, 0.2) is 23.1 Å². The summed E-state index contributed by atoms with van der Waals surface area (Å²) in [6.07, 6.45) is 0. The van der Waals surface area contributed by atoms with Crippen LogP contribution in [-0.2, 0) is 19.5 Å². The van der Waals surface area contributed by atoms with Gasteiger partial charge in [0.1, 0.15) is 0 Å². The predicted octanol–water partition coefficient (Wildman–Crippen LogP) is 0.0154. The third-order valence-corrected chi connectivity index (χ3v) is 3.71. The number of hydrogen-bond donors (Lipinski definition) is 2. The van der Waals surface area contributed by atoms with Crippen molar-refractivity contribution in [3.8, 4) is 0 Å². The van der Waals surface area contributed by atoms with Crippen molar-refractivity contribution in [1.82, 2.24) is 0 Å². The standard InChI is InChI=1S/C12H21N3O4S/c1-18-7-5-15(6-8-19-2)12-4-3-10(9-11(12)13)20(14,16)17/h3-4,9H,5-8,13H2,1-2H3,(H2,14,16,17). The van der Waals surface area contributed by atoms with E-state index in [9.17, 15) is 8.42 Å². The molecule has 20 heavy (non-hydrogen) atoms. The summed E-state index contributed by atoms with van der Waals surface area (Å²) in [6.45, 7) is 2.30. The Hall–Kier alpha value is -1.35. The zero-order valence-electron chi connectivity index (χ0n) is 11.7. The van der Waals surface area contributed by atoms with E-state index >= 15 is 0 Å². The monoisotopic (exact) mass is 303 g/mol. The van der Waals surface area contributed by atoms with Crippen LogP contribution in [0.3, 0.4) is 0 Å². The minimum atomic E-state index is -3.75. The highest BCUT2D eigenvalue weighted by Crippen LogP contribution is 2.25. The van der Waals surface area contributed by atoms with Gasteiger partial charge < -0.3 is 20.1 Å². The van der Waals surface area contributed by atoms with Crippen LogP contribution < -0.4 is 15.8 Å². The number of nitrogens with zero attached hydrogens (tertiary/aromatic N) is 1. The molecule has 0 heterocycles. The second-order valence-electron chi connectivity index (χ2n) is 4.24. The van der Waals surface area contributed by atoms with E-state index in [4.69, 9.17) is 20.3 Å². The highest BCUT2D eigenvalue weighted by atomic mass is 32.2. The predicted molar refractivity (Wildman–Crippen MR) is 78.2 cm³/mol. The smallest absolute Gasteiger partial charge is 0.238 e. The van der Waals surface area contributed by atoms with Gasteiger partial charge in [0.15, 0.2) is 0 Å². The molecular formula is C12H21N3O4S. The Morgan fingerprint density at radius 2 is 1.70 bits per heavy atom. The minimum absolute atomic E-state index is 0.00261. The molecular weight excluding hydrogens is 282 g/mol. The van der Waals surface area contributed by atoms with E-state index in [1.165, 1.54) is 12.1 Å². The minimum Gasteiger partial charge on any atom is -0.397 e. The Bertz CT molecular complexity index is 526. The summed E-state index contributed by atoms with van der Waals surface area (Å²) in [5.41, 5.74) is 7.00. The lowest BCUT2D eigenvalue weighted by Gasteiger charge is -2.25. The quantitative estimate of drug-likeness (QED) is 0.655. The normalized spacial score (nSPS) is 11.6. The molecule has 0 fully saturated rings. The molecule has 0 aliphatic carbocycles. The van der Waals surface area contributed by atoms with E-state index in [1.54, 1.807) is 20.3 Å². The summed E-state index contributed by atoms with van der Waals surface area (Å²) in [5, 5.41) is 5.08. The summed E-state index contributed by atoms with van der Waals surface area (Å²) in [6, 6.07) is 4.44. The third kappa shape index (κ3) is 4.64. The topological polar surface area (TPSA) is 108 Å². The van der Waals surface area contributed by atoms with Gasteiger partial charge >= 0.3 is 0 Å². The lowest BCUT2D eigenvalue weighted by Crippen LogP contribution is -2.31. The Morgan fingerprint density at radius 1 is 1.15 bits per heavy atom. The van der Waals surface area contributed by atoms with Gasteiger partial charge in [-0.2, -0.15) is 0 Å². The molecule has 0 atom stereocenters. The number of primary sulfonamides is 1.